The molecular weight excluding hydrogens is 254 g/mol. The lowest BCUT2D eigenvalue weighted by molar-refractivity contribution is -0.149. The van der Waals surface area contributed by atoms with E-state index in [9.17, 15) is 9.59 Å². The average Bonchev–Trinajstić information content (AvgIpc) is 2.40. The molecule has 102 valence electrons. The minimum absolute atomic E-state index is 0.0513. The fourth-order valence-corrected chi connectivity index (χ4v) is 3.30. The fourth-order valence-electron chi connectivity index (χ4n) is 2.26. The molecule has 2 fully saturated rings. The van der Waals surface area contributed by atoms with Crippen molar-refractivity contribution in [3.05, 3.63) is 0 Å². The molecule has 2 rings (SSSR count). The number of nitrogens with one attached hydrogen (secondary N) is 1. The van der Waals surface area contributed by atoms with Crippen LogP contribution in [-0.2, 0) is 9.59 Å². The van der Waals surface area contributed by atoms with Gasteiger partial charge in [0.2, 0.25) is 5.91 Å². The van der Waals surface area contributed by atoms with E-state index in [2.05, 4.69) is 10.2 Å². The number of nitrogens with zero attached hydrogens (tertiary/aromatic N) is 2. The summed E-state index contributed by atoms with van der Waals surface area (Å²) >= 11 is 1.60. The maximum Gasteiger partial charge on any atom is 0.327 e. The number of carboxylic acid groups (broad SMARTS) is 1. The minimum Gasteiger partial charge on any atom is -0.480 e. The monoisotopic (exact) mass is 273 g/mol. The zero-order valence-corrected chi connectivity index (χ0v) is 11.1. The van der Waals surface area contributed by atoms with Crippen molar-refractivity contribution in [2.75, 3.05) is 50.8 Å². The molecular formula is C11H19N3O3S. The molecule has 0 radical (unpaired) electrons. The van der Waals surface area contributed by atoms with Crippen molar-refractivity contribution in [2.24, 2.45) is 0 Å². The molecule has 0 aromatic heterocycles. The van der Waals surface area contributed by atoms with E-state index in [4.69, 9.17) is 5.11 Å². The SMILES string of the molecule is O=C(O)C1CSCCN1C(=O)CN1CCNCC1. The fraction of sp³-hybridized carbons (Fsp3) is 0.818. The lowest BCUT2D eigenvalue weighted by atomic mass is 10.2. The maximum absolute atomic E-state index is 12.2. The van der Waals surface area contributed by atoms with Crippen molar-refractivity contribution >= 4 is 23.6 Å². The van der Waals surface area contributed by atoms with Crippen LogP contribution in [0.1, 0.15) is 0 Å². The first-order chi connectivity index (χ1) is 8.68. The first-order valence-corrected chi connectivity index (χ1v) is 7.37. The number of hydrogen-bond acceptors (Lipinski definition) is 5. The predicted molar refractivity (Wildman–Crippen MR) is 69.8 cm³/mol. The van der Waals surface area contributed by atoms with Crippen LogP contribution in [0.5, 0.6) is 0 Å². The molecule has 0 spiro atoms. The Kier molecular flexibility index (Phi) is 4.85. The molecule has 6 nitrogen and oxygen atoms in total. The van der Waals surface area contributed by atoms with Gasteiger partial charge in [-0.1, -0.05) is 0 Å². The Morgan fingerprint density at radius 2 is 2.00 bits per heavy atom. The molecule has 0 saturated carbocycles. The number of amides is 1. The first-order valence-electron chi connectivity index (χ1n) is 6.21. The molecule has 1 atom stereocenters. The van der Waals surface area contributed by atoms with E-state index in [-0.39, 0.29) is 5.91 Å². The molecule has 0 aromatic carbocycles. The highest BCUT2D eigenvalue weighted by molar-refractivity contribution is 7.99. The summed E-state index contributed by atoms with van der Waals surface area (Å²) in [6.45, 7) is 4.39. The van der Waals surface area contributed by atoms with Gasteiger partial charge < -0.3 is 15.3 Å². The Morgan fingerprint density at radius 3 is 2.67 bits per heavy atom. The summed E-state index contributed by atoms with van der Waals surface area (Å²) < 4.78 is 0. The summed E-state index contributed by atoms with van der Waals surface area (Å²) in [7, 11) is 0. The molecule has 2 heterocycles. The van der Waals surface area contributed by atoms with Gasteiger partial charge in [-0.2, -0.15) is 11.8 Å². The number of aliphatic carboxylic acids is 1. The second-order valence-electron chi connectivity index (χ2n) is 4.54. The smallest absolute Gasteiger partial charge is 0.327 e. The van der Waals surface area contributed by atoms with Crippen molar-refractivity contribution < 1.29 is 14.7 Å². The van der Waals surface area contributed by atoms with Crippen LogP contribution < -0.4 is 5.32 Å². The van der Waals surface area contributed by atoms with Crippen LogP contribution in [0.25, 0.3) is 0 Å². The molecule has 0 bridgehead atoms. The molecule has 2 N–H and O–H groups in total. The van der Waals surface area contributed by atoms with Crippen LogP contribution in [0.15, 0.2) is 0 Å². The van der Waals surface area contributed by atoms with E-state index in [0.717, 1.165) is 31.9 Å². The van der Waals surface area contributed by atoms with Gasteiger partial charge >= 0.3 is 5.97 Å². The zero-order chi connectivity index (χ0) is 13.0. The van der Waals surface area contributed by atoms with Crippen LogP contribution in [0, 0.1) is 0 Å². The zero-order valence-electron chi connectivity index (χ0n) is 10.3. The molecule has 7 heteroatoms. The van der Waals surface area contributed by atoms with Gasteiger partial charge in [0.15, 0.2) is 0 Å². The van der Waals surface area contributed by atoms with E-state index in [0.29, 0.717) is 18.8 Å². The van der Waals surface area contributed by atoms with E-state index >= 15 is 0 Å². The second-order valence-corrected chi connectivity index (χ2v) is 5.69. The van der Waals surface area contributed by atoms with Crippen LogP contribution >= 0.6 is 11.8 Å². The summed E-state index contributed by atoms with van der Waals surface area (Å²) in [5.74, 6) is 0.389. The summed E-state index contributed by atoms with van der Waals surface area (Å²) in [4.78, 5) is 26.9. The number of carbonyl (C=O) groups excluding carboxylic acids is 1. The van der Waals surface area contributed by atoms with E-state index in [1.807, 2.05) is 0 Å². The maximum atomic E-state index is 12.2. The van der Waals surface area contributed by atoms with Crippen LogP contribution in [0.2, 0.25) is 0 Å². The van der Waals surface area contributed by atoms with Gasteiger partial charge in [-0.25, -0.2) is 4.79 Å². The molecule has 1 amide bonds. The minimum atomic E-state index is -0.893. The van der Waals surface area contributed by atoms with Gasteiger partial charge in [0.1, 0.15) is 6.04 Å². The number of carbonyl (C=O) groups is 2. The summed E-state index contributed by atoms with van der Waals surface area (Å²) in [6, 6.07) is -0.654. The Hall–Kier alpha value is -0.790. The molecule has 2 aliphatic heterocycles. The van der Waals surface area contributed by atoms with Crippen molar-refractivity contribution in [1.29, 1.82) is 0 Å². The number of hydrogen-bond donors (Lipinski definition) is 2. The van der Waals surface area contributed by atoms with Gasteiger partial charge in [-0.15, -0.1) is 0 Å². The highest BCUT2D eigenvalue weighted by Gasteiger charge is 2.32. The van der Waals surface area contributed by atoms with Gasteiger partial charge in [0.25, 0.3) is 0 Å². The molecule has 0 aliphatic carbocycles. The highest BCUT2D eigenvalue weighted by atomic mass is 32.2. The number of piperazine rings is 1. The third-order valence-corrected chi connectivity index (χ3v) is 4.33. The molecule has 1 unspecified atom stereocenters. The molecule has 2 saturated heterocycles. The molecule has 0 aromatic rings. The number of carboxylic acids is 1. The highest BCUT2D eigenvalue weighted by Crippen LogP contribution is 2.17. The van der Waals surface area contributed by atoms with Gasteiger partial charge in [0, 0.05) is 44.2 Å². The largest absolute Gasteiger partial charge is 0.480 e. The first kappa shape index (κ1) is 13.6. The van der Waals surface area contributed by atoms with Crippen molar-refractivity contribution in [2.45, 2.75) is 6.04 Å². The third-order valence-electron chi connectivity index (χ3n) is 3.30. The molecule has 18 heavy (non-hydrogen) atoms. The third kappa shape index (κ3) is 3.37. The number of rotatable bonds is 3. The second kappa shape index (κ2) is 6.40. The Labute approximate surface area is 111 Å². The van der Waals surface area contributed by atoms with E-state index in [1.54, 1.807) is 11.8 Å². The van der Waals surface area contributed by atoms with Crippen LogP contribution in [0.4, 0.5) is 0 Å². The predicted octanol–water partition coefficient (Wildman–Crippen LogP) is -1.08. The average molecular weight is 273 g/mol. The summed E-state index contributed by atoms with van der Waals surface area (Å²) in [6.07, 6.45) is 0. The van der Waals surface area contributed by atoms with E-state index in [1.165, 1.54) is 4.90 Å². The van der Waals surface area contributed by atoms with Gasteiger partial charge in [-0.3, -0.25) is 9.69 Å². The molecule has 2 aliphatic rings. The number of thioether (sulfide) groups is 1. The topological polar surface area (TPSA) is 72.9 Å². The standard InChI is InChI=1S/C11H19N3O3S/c15-10(7-13-3-1-12-2-4-13)14-5-6-18-8-9(14)11(16)17/h9,12H,1-8H2,(H,16,17). The van der Waals surface area contributed by atoms with Crippen LogP contribution in [0.3, 0.4) is 0 Å². The summed E-state index contributed by atoms with van der Waals surface area (Å²) in [5.41, 5.74) is 0. The van der Waals surface area contributed by atoms with Gasteiger partial charge in [0.05, 0.1) is 6.54 Å². The van der Waals surface area contributed by atoms with E-state index < -0.39 is 12.0 Å². The lowest BCUT2D eigenvalue weighted by Gasteiger charge is -2.35. The van der Waals surface area contributed by atoms with Crippen molar-refractivity contribution in [3.63, 3.8) is 0 Å². The Bertz CT molecular complexity index is 321. The Morgan fingerprint density at radius 1 is 1.28 bits per heavy atom. The van der Waals surface area contributed by atoms with Crippen molar-refractivity contribution in [1.82, 2.24) is 15.1 Å². The summed E-state index contributed by atoms with van der Waals surface area (Å²) in [5, 5.41) is 12.4. The lowest BCUT2D eigenvalue weighted by Crippen LogP contribution is -2.54. The Balaban J connectivity index is 1.91. The normalized spacial score (nSPS) is 26.0. The van der Waals surface area contributed by atoms with Gasteiger partial charge in [-0.05, 0) is 0 Å². The van der Waals surface area contributed by atoms with Crippen molar-refractivity contribution in [3.8, 4) is 0 Å². The van der Waals surface area contributed by atoms with Crippen LogP contribution in [-0.4, -0.2) is 83.6 Å². The quantitative estimate of drug-likeness (QED) is 0.681.